The molecule has 17 heavy (non-hydrogen) atoms. The first-order chi connectivity index (χ1) is 8.13. The molecule has 0 spiro atoms. The number of carboxylic acid groups (broad SMARTS) is 1. The molecular formula is C11H9ClN2O2S. The van der Waals surface area contributed by atoms with E-state index < -0.39 is 5.97 Å². The summed E-state index contributed by atoms with van der Waals surface area (Å²) in [5.74, 6) is -1.01. The van der Waals surface area contributed by atoms with E-state index in [1.54, 1.807) is 18.2 Å². The van der Waals surface area contributed by atoms with Gasteiger partial charge in [0.1, 0.15) is 9.88 Å². The number of nitrogens with two attached hydrogens (primary N) is 1. The number of halogens is 1. The first-order valence-electron chi connectivity index (χ1n) is 4.81. The highest BCUT2D eigenvalue weighted by molar-refractivity contribution is 7.17. The molecule has 1 heterocycles. The predicted octanol–water partition coefficient (Wildman–Crippen LogP) is 2.62. The van der Waals surface area contributed by atoms with Crippen molar-refractivity contribution in [2.45, 2.75) is 6.54 Å². The largest absolute Gasteiger partial charge is 0.477 e. The third-order valence-corrected chi connectivity index (χ3v) is 3.64. The lowest BCUT2D eigenvalue weighted by molar-refractivity contribution is 0.0700. The highest BCUT2D eigenvalue weighted by atomic mass is 35.5. The molecule has 1 aromatic heterocycles. The van der Waals surface area contributed by atoms with Crippen LogP contribution in [0.15, 0.2) is 24.3 Å². The summed E-state index contributed by atoms with van der Waals surface area (Å²) >= 11 is 7.12. The second kappa shape index (κ2) is 4.83. The van der Waals surface area contributed by atoms with E-state index in [4.69, 9.17) is 22.4 Å². The molecule has 0 atom stereocenters. The summed E-state index contributed by atoms with van der Waals surface area (Å²) in [6.45, 7) is 0.0998. The van der Waals surface area contributed by atoms with E-state index in [2.05, 4.69) is 4.98 Å². The molecule has 4 nitrogen and oxygen atoms in total. The minimum absolute atomic E-state index is 0.0998. The maximum Gasteiger partial charge on any atom is 0.347 e. The Hall–Kier alpha value is -1.43. The third-order valence-electron chi connectivity index (χ3n) is 2.19. The van der Waals surface area contributed by atoms with Crippen molar-refractivity contribution in [1.82, 2.24) is 4.98 Å². The summed E-state index contributed by atoms with van der Waals surface area (Å²) < 4.78 is 0. The lowest BCUT2D eigenvalue weighted by atomic mass is 10.2. The van der Waals surface area contributed by atoms with Gasteiger partial charge in [-0.3, -0.25) is 0 Å². The van der Waals surface area contributed by atoms with Gasteiger partial charge >= 0.3 is 5.97 Å². The molecule has 2 rings (SSSR count). The monoisotopic (exact) mass is 268 g/mol. The Balaban J connectivity index is 2.54. The number of aromatic carboxylic acids is 1. The Morgan fingerprint density at radius 1 is 1.47 bits per heavy atom. The number of hydrogen-bond donors (Lipinski definition) is 2. The fourth-order valence-corrected chi connectivity index (χ4v) is 2.66. The molecule has 3 N–H and O–H groups in total. The number of thiazole rings is 1. The smallest absolute Gasteiger partial charge is 0.347 e. The molecule has 0 fully saturated rings. The van der Waals surface area contributed by atoms with Crippen LogP contribution in [0.5, 0.6) is 0 Å². The standard InChI is InChI=1S/C11H9ClN2O2S/c12-7-4-2-1-3-6(7)10-14-8(5-13)9(17-10)11(15)16/h1-4H,5,13H2,(H,15,16). The summed E-state index contributed by atoms with van der Waals surface area (Å²) in [6, 6.07) is 7.17. The number of carbonyl (C=O) groups is 1. The van der Waals surface area contributed by atoms with Crippen LogP contribution in [0.25, 0.3) is 10.6 Å². The summed E-state index contributed by atoms with van der Waals surface area (Å²) in [5, 5.41) is 10.1. The fraction of sp³-hybridized carbons (Fsp3) is 0.0909. The molecular weight excluding hydrogens is 260 g/mol. The van der Waals surface area contributed by atoms with Crippen molar-refractivity contribution in [3.63, 3.8) is 0 Å². The summed E-state index contributed by atoms with van der Waals surface area (Å²) in [7, 11) is 0. The van der Waals surface area contributed by atoms with Gasteiger partial charge in [0.15, 0.2) is 0 Å². The number of aromatic nitrogens is 1. The zero-order valence-electron chi connectivity index (χ0n) is 8.68. The van der Waals surface area contributed by atoms with Crippen LogP contribution in [0.3, 0.4) is 0 Å². The molecule has 0 saturated heterocycles. The zero-order valence-corrected chi connectivity index (χ0v) is 10.3. The van der Waals surface area contributed by atoms with Gasteiger partial charge < -0.3 is 10.8 Å². The minimum Gasteiger partial charge on any atom is -0.477 e. The van der Waals surface area contributed by atoms with Crippen LogP contribution in [-0.4, -0.2) is 16.1 Å². The second-order valence-electron chi connectivity index (χ2n) is 3.28. The van der Waals surface area contributed by atoms with E-state index >= 15 is 0 Å². The zero-order chi connectivity index (χ0) is 12.4. The van der Waals surface area contributed by atoms with E-state index in [0.29, 0.717) is 15.7 Å². The number of carboxylic acids is 1. The second-order valence-corrected chi connectivity index (χ2v) is 4.69. The Morgan fingerprint density at radius 2 is 2.18 bits per heavy atom. The molecule has 88 valence electrons. The van der Waals surface area contributed by atoms with E-state index in [-0.39, 0.29) is 11.4 Å². The number of nitrogens with zero attached hydrogens (tertiary/aromatic N) is 1. The molecule has 2 aromatic rings. The van der Waals surface area contributed by atoms with Crippen LogP contribution in [0.2, 0.25) is 5.02 Å². The van der Waals surface area contributed by atoms with Gasteiger partial charge in [0.05, 0.1) is 10.7 Å². The van der Waals surface area contributed by atoms with Crippen LogP contribution in [0.4, 0.5) is 0 Å². The highest BCUT2D eigenvalue weighted by Crippen LogP contribution is 2.32. The van der Waals surface area contributed by atoms with Crippen LogP contribution < -0.4 is 5.73 Å². The Kier molecular flexibility index (Phi) is 3.42. The lowest BCUT2D eigenvalue weighted by Crippen LogP contribution is -2.04. The van der Waals surface area contributed by atoms with Crippen molar-refractivity contribution in [2.75, 3.05) is 0 Å². The number of hydrogen-bond acceptors (Lipinski definition) is 4. The molecule has 0 aliphatic carbocycles. The van der Waals surface area contributed by atoms with Gasteiger partial charge in [0, 0.05) is 12.1 Å². The first kappa shape index (κ1) is 12.0. The molecule has 0 saturated carbocycles. The van der Waals surface area contributed by atoms with E-state index in [9.17, 15) is 4.79 Å². The summed E-state index contributed by atoms with van der Waals surface area (Å²) in [5.41, 5.74) is 6.58. The van der Waals surface area contributed by atoms with Gasteiger partial charge in [0.25, 0.3) is 0 Å². The average molecular weight is 269 g/mol. The van der Waals surface area contributed by atoms with Gasteiger partial charge in [-0.1, -0.05) is 29.8 Å². The van der Waals surface area contributed by atoms with E-state index in [1.165, 1.54) is 0 Å². The fourth-order valence-electron chi connectivity index (χ4n) is 1.41. The van der Waals surface area contributed by atoms with E-state index in [1.807, 2.05) is 6.07 Å². The maximum absolute atomic E-state index is 11.0. The van der Waals surface area contributed by atoms with Gasteiger partial charge in [-0.25, -0.2) is 9.78 Å². The number of benzene rings is 1. The van der Waals surface area contributed by atoms with Gasteiger partial charge in [0.2, 0.25) is 0 Å². The molecule has 0 radical (unpaired) electrons. The summed E-state index contributed by atoms with van der Waals surface area (Å²) in [4.78, 5) is 15.4. The maximum atomic E-state index is 11.0. The van der Waals surface area contributed by atoms with Crippen LogP contribution in [-0.2, 0) is 6.54 Å². The van der Waals surface area contributed by atoms with Crippen LogP contribution in [0, 0.1) is 0 Å². The van der Waals surface area contributed by atoms with Crippen molar-refractivity contribution in [2.24, 2.45) is 5.73 Å². The molecule has 0 unspecified atom stereocenters. The van der Waals surface area contributed by atoms with Gasteiger partial charge in [-0.15, -0.1) is 11.3 Å². The SMILES string of the molecule is NCc1nc(-c2ccccc2Cl)sc1C(=O)O. The average Bonchev–Trinajstić information content (AvgIpc) is 2.73. The number of rotatable bonds is 3. The topological polar surface area (TPSA) is 76.2 Å². The predicted molar refractivity (Wildman–Crippen MR) is 67.4 cm³/mol. The van der Waals surface area contributed by atoms with Gasteiger partial charge in [-0.05, 0) is 6.07 Å². The molecule has 6 heteroatoms. The van der Waals surface area contributed by atoms with Crippen molar-refractivity contribution in [3.8, 4) is 10.6 Å². The molecule has 0 amide bonds. The molecule has 1 aromatic carbocycles. The van der Waals surface area contributed by atoms with Crippen LogP contribution in [0.1, 0.15) is 15.4 Å². The Labute approximate surface area is 107 Å². The Morgan fingerprint density at radius 3 is 2.71 bits per heavy atom. The van der Waals surface area contributed by atoms with E-state index in [0.717, 1.165) is 16.9 Å². The van der Waals surface area contributed by atoms with Crippen molar-refractivity contribution in [1.29, 1.82) is 0 Å². The Bertz CT molecular complexity index is 568. The molecule has 0 aliphatic heterocycles. The minimum atomic E-state index is -1.01. The van der Waals surface area contributed by atoms with Crippen LogP contribution >= 0.6 is 22.9 Å². The van der Waals surface area contributed by atoms with Crippen molar-refractivity contribution in [3.05, 3.63) is 39.9 Å². The molecule has 0 aliphatic rings. The van der Waals surface area contributed by atoms with Crippen molar-refractivity contribution < 1.29 is 9.90 Å². The molecule has 0 bridgehead atoms. The normalized spacial score (nSPS) is 10.5. The van der Waals surface area contributed by atoms with Gasteiger partial charge in [-0.2, -0.15) is 0 Å². The quantitative estimate of drug-likeness (QED) is 0.897. The highest BCUT2D eigenvalue weighted by Gasteiger charge is 2.17. The first-order valence-corrected chi connectivity index (χ1v) is 6.01. The van der Waals surface area contributed by atoms with Crippen molar-refractivity contribution >= 4 is 28.9 Å². The summed E-state index contributed by atoms with van der Waals surface area (Å²) in [6.07, 6.45) is 0. The lowest BCUT2D eigenvalue weighted by Gasteiger charge is -1.97. The third kappa shape index (κ3) is 2.31.